The fourth-order valence-electron chi connectivity index (χ4n) is 5.96. The summed E-state index contributed by atoms with van der Waals surface area (Å²) in [4.78, 5) is 25.4. The zero-order valence-corrected chi connectivity index (χ0v) is 24.0. The van der Waals surface area contributed by atoms with Crippen molar-refractivity contribution in [2.75, 3.05) is 25.5 Å². The molecule has 2 heterocycles. The van der Waals surface area contributed by atoms with Crippen LogP contribution in [0.3, 0.4) is 0 Å². The van der Waals surface area contributed by atoms with Crippen molar-refractivity contribution in [2.45, 2.75) is 77.5 Å². The zero-order chi connectivity index (χ0) is 28.2. The van der Waals surface area contributed by atoms with Gasteiger partial charge in [0.25, 0.3) is 5.56 Å². The minimum absolute atomic E-state index is 0.139. The Bertz CT molecular complexity index is 1410. The summed E-state index contributed by atoms with van der Waals surface area (Å²) in [6, 6.07) is 11.5. The van der Waals surface area contributed by atoms with E-state index >= 15 is 0 Å². The molecule has 0 amide bonds. The summed E-state index contributed by atoms with van der Waals surface area (Å²) >= 11 is 0. The van der Waals surface area contributed by atoms with Crippen molar-refractivity contribution < 1.29 is 9.13 Å². The van der Waals surface area contributed by atoms with Gasteiger partial charge in [0.15, 0.2) is 5.96 Å². The van der Waals surface area contributed by atoms with E-state index in [9.17, 15) is 9.18 Å². The first-order chi connectivity index (χ1) is 19.3. The number of benzene rings is 2. The number of piperazine rings is 1. The largest absolute Gasteiger partial charge is 0.497 e. The molecule has 9 heteroatoms. The van der Waals surface area contributed by atoms with E-state index in [-0.39, 0.29) is 11.4 Å². The van der Waals surface area contributed by atoms with Gasteiger partial charge < -0.3 is 20.3 Å². The van der Waals surface area contributed by atoms with Gasteiger partial charge in [0, 0.05) is 43.5 Å². The normalized spacial score (nSPS) is 23.8. The van der Waals surface area contributed by atoms with Crippen LogP contribution in [-0.2, 0) is 13.0 Å². The van der Waals surface area contributed by atoms with Gasteiger partial charge in [-0.25, -0.2) is 14.4 Å². The highest BCUT2D eigenvalue weighted by Crippen LogP contribution is 2.27. The van der Waals surface area contributed by atoms with Crippen LogP contribution in [0.1, 0.15) is 52.0 Å². The van der Waals surface area contributed by atoms with Crippen molar-refractivity contribution in [1.82, 2.24) is 19.8 Å². The van der Waals surface area contributed by atoms with E-state index in [2.05, 4.69) is 41.3 Å². The van der Waals surface area contributed by atoms with Crippen LogP contribution in [0.2, 0.25) is 0 Å². The standard InChI is InChI=1S/C31H41FN6O2/c1-20-7-5-6-8-28(20)36-31(38-17-21(2)34-22(3)18-38)35-24-10-12-26-29(15-24)33-19-37(30(26)39)14-13-23-9-11-25(40-4)16-27(23)32/h9-12,15-16,19-22,28,34H,5-8,13-14,17-18H2,1-4H3,(H,35,36). The first-order valence-electron chi connectivity index (χ1n) is 14.5. The van der Waals surface area contributed by atoms with Crippen LogP contribution in [0.15, 0.2) is 52.5 Å². The number of nitrogens with zero attached hydrogens (tertiary/aromatic N) is 4. The number of aryl methyl sites for hydroxylation is 2. The number of hydrogen-bond donors (Lipinski definition) is 2. The summed E-state index contributed by atoms with van der Waals surface area (Å²) in [5.41, 5.74) is 1.87. The molecule has 3 aromatic rings. The van der Waals surface area contributed by atoms with Crippen LogP contribution < -0.4 is 20.9 Å². The maximum atomic E-state index is 14.4. The van der Waals surface area contributed by atoms with Crippen molar-refractivity contribution in [3.05, 3.63) is 64.5 Å². The predicted octanol–water partition coefficient (Wildman–Crippen LogP) is 4.82. The number of rotatable bonds is 6. The van der Waals surface area contributed by atoms with E-state index in [1.54, 1.807) is 23.0 Å². The average Bonchev–Trinajstić information content (AvgIpc) is 2.93. The van der Waals surface area contributed by atoms with Crippen LogP contribution in [0.5, 0.6) is 5.75 Å². The van der Waals surface area contributed by atoms with E-state index in [4.69, 9.17) is 9.73 Å². The second-order valence-corrected chi connectivity index (χ2v) is 11.5. The van der Waals surface area contributed by atoms with E-state index < -0.39 is 0 Å². The van der Waals surface area contributed by atoms with Gasteiger partial charge >= 0.3 is 0 Å². The van der Waals surface area contributed by atoms with Crippen LogP contribution in [0.25, 0.3) is 10.9 Å². The fourth-order valence-corrected chi connectivity index (χ4v) is 5.96. The Hall–Kier alpha value is -3.46. The summed E-state index contributed by atoms with van der Waals surface area (Å²) in [5, 5.41) is 7.73. The number of aromatic nitrogens is 2. The van der Waals surface area contributed by atoms with Gasteiger partial charge in [-0.3, -0.25) is 9.36 Å². The first-order valence-corrected chi connectivity index (χ1v) is 14.5. The van der Waals surface area contributed by atoms with Crippen LogP contribution in [-0.4, -0.2) is 58.7 Å². The van der Waals surface area contributed by atoms with Gasteiger partial charge in [-0.2, -0.15) is 0 Å². The highest BCUT2D eigenvalue weighted by atomic mass is 19.1. The Balaban J connectivity index is 1.37. The molecule has 4 atom stereocenters. The third-order valence-corrected chi connectivity index (χ3v) is 8.18. The Morgan fingerprint density at radius 1 is 1.12 bits per heavy atom. The van der Waals surface area contributed by atoms with Gasteiger partial charge in [0.1, 0.15) is 11.6 Å². The van der Waals surface area contributed by atoms with Gasteiger partial charge in [-0.05, 0) is 68.9 Å². The zero-order valence-electron chi connectivity index (χ0n) is 24.0. The molecule has 1 saturated carbocycles. The summed E-state index contributed by atoms with van der Waals surface area (Å²) < 4.78 is 21.0. The molecule has 1 aliphatic heterocycles. The molecule has 40 heavy (non-hydrogen) atoms. The van der Waals surface area contributed by atoms with Gasteiger partial charge in [-0.1, -0.05) is 25.8 Å². The maximum Gasteiger partial charge on any atom is 0.261 e. The van der Waals surface area contributed by atoms with Crippen molar-refractivity contribution in [3.8, 4) is 5.75 Å². The number of fused-ring (bicyclic) bond motifs is 1. The predicted molar refractivity (Wildman–Crippen MR) is 159 cm³/mol. The van der Waals surface area contributed by atoms with Gasteiger partial charge in [0.05, 0.1) is 30.4 Å². The number of aliphatic imine (C=N–C) groups is 1. The summed E-state index contributed by atoms with van der Waals surface area (Å²) in [6.07, 6.45) is 6.76. The number of guanidine groups is 1. The molecule has 1 aromatic heterocycles. The molecular weight excluding hydrogens is 507 g/mol. The molecule has 8 nitrogen and oxygen atoms in total. The quantitative estimate of drug-likeness (QED) is 0.340. The van der Waals surface area contributed by atoms with Gasteiger partial charge in [0.2, 0.25) is 0 Å². The van der Waals surface area contributed by atoms with Gasteiger partial charge in [-0.15, -0.1) is 0 Å². The van der Waals surface area contributed by atoms with Crippen molar-refractivity contribution in [3.63, 3.8) is 0 Å². The van der Waals surface area contributed by atoms with E-state index in [1.165, 1.54) is 32.4 Å². The molecule has 2 N–H and O–H groups in total. The molecule has 1 aliphatic carbocycles. The summed E-state index contributed by atoms with van der Waals surface area (Å²) in [5.74, 6) is 1.59. The number of halogens is 1. The lowest BCUT2D eigenvalue weighted by Crippen LogP contribution is -2.57. The average molecular weight is 549 g/mol. The number of anilines is 1. The highest BCUT2D eigenvalue weighted by molar-refractivity contribution is 5.96. The maximum absolute atomic E-state index is 14.4. The minimum Gasteiger partial charge on any atom is -0.497 e. The lowest BCUT2D eigenvalue weighted by Gasteiger charge is -2.39. The first kappa shape index (κ1) is 28.1. The molecule has 2 aromatic carbocycles. The van der Waals surface area contributed by atoms with E-state index in [0.29, 0.717) is 59.2 Å². The van der Waals surface area contributed by atoms with Crippen LogP contribution in [0, 0.1) is 11.7 Å². The van der Waals surface area contributed by atoms with E-state index in [0.717, 1.165) is 31.2 Å². The Kier molecular flexibility index (Phi) is 8.69. The number of nitrogens with one attached hydrogen (secondary N) is 2. The molecule has 214 valence electrons. The second-order valence-electron chi connectivity index (χ2n) is 11.5. The highest BCUT2D eigenvalue weighted by Gasteiger charge is 2.27. The molecule has 2 aliphatic rings. The summed E-state index contributed by atoms with van der Waals surface area (Å²) in [6.45, 7) is 8.81. The Morgan fingerprint density at radius 2 is 1.90 bits per heavy atom. The lowest BCUT2D eigenvalue weighted by atomic mass is 9.86. The fraction of sp³-hybridized carbons (Fsp3) is 0.516. The second kappa shape index (κ2) is 12.4. The van der Waals surface area contributed by atoms with Crippen LogP contribution >= 0.6 is 0 Å². The minimum atomic E-state index is -0.342. The molecule has 5 rings (SSSR count). The number of methoxy groups -OCH3 is 1. The third-order valence-electron chi connectivity index (χ3n) is 8.18. The van der Waals surface area contributed by atoms with Crippen molar-refractivity contribution >= 4 is 22.5 Å². The molecule has 4 unspecified atom stereocenters. The van der Waals surface area contributed by atoms with E-state index in [1.807, 2.05) is 18.2 Å². The summed E-state index contributed by atoms with van der Waals surface area (Å²) in [7, 11) is 1.51. The van der Waals surface area contributed by atoms with Crippen molar-refractivity contribution in [2.24, 2.45) is 10.9 Å². The molecule has 1 saturated heterocycles. The third kappa shape index (κ3) is 6.46. The molecular formula is C31H41FN6O2. The monoisotopic (exact) mass is 548 g/mol. The Labute approximate surface area is 235 Å². The number of ether oxygens (including phenoxy) is 1. The molecule has 0 bridgehead atoms. The SMILES string of the molecule is COc1ccc(CCn2cnc3cc(NC(=NC4CCCCC4C)N4CC(C)NC(C)C4)ccc3c2=O)c(F)c1. The molecule has 0 radical (unpaired) electrons. The van der Waals surface area contributed by atoms with Crippen molar-refractivity contribution in [1.29, 1.82) is 0 Å². The topological polar surface area (TPSA) is 83.8 Å². The molecule has 0 spiro atoms. The lowest BCUT2D eigenvalue weighted by molar-refractivity contribution is 0.250. The molecule has 2 fully saturated rings. The van der Waals surface area contributed by atoms with Crippen LogP contribution in [0.4, 0.5) is 10.1 Å². The smallest absolute Gasteiger partial charge is 0.261 e. The Morgan fingerprint density at radius 3 is 2.62 bits per heavy atom. The number of hydrogen-bond acceptors (Lipinski definition) is 5.